The molecule has 0 bridgehead atoms. The van der Waals surface area contributed by atoms with E-state index in [4.69, 9.17) is 28.2 Å². The van der Waals surface area contributed by atoms with Crippen molar-refractivity contribution in [2.45, 2.75) is 6.54 Å². The van der Waals surface area contributed by atoms with Crippen LogP contribution in [0.5, 0.6) is 0 Å². The van der Waals surface area contributed by atoms with E-state index in [0.29, 0.717) is 17.5 Å². The molecule has 0 aliphatic carbocycles. The lowest BCUT2D eigenvalue weighted by molar-refractivity contribution is -0.487. The number of aromatic nitrogens is 2. The smallest absolute Gasteiger partial charge is 0.333 e. The molecule has 4 aromatic rings. The lowest BCUT2D eigenvalue weighted by Crippen LogP contribution is -2.72. The van der Waals surface area contributed by atoms with Gasteiger partial charge in [0.2, 0.25) is 0 Å². The summed E-state index contributed by atoms with van der Waals surface area (Å²) in [6, 6.07) is 23.3. The number of rotatable bonds is 5. The summed E-state index contributed by atoms with van der Waals surface area (Å²) in [6.07, 6.45) is 0. The molecule has 1 aromatic heterocycles. The van der Waals surface area contributed by atoms with Crippen LogP contribution in [0.1, 0.15) is 5.56 Å². The van der Waals surface area contributed by atoms with Crippen molar-refractivity contribution < 1.29 is 5.32 Å². The van der Waals surface area contributed by atoms with Crippen LogP contribution in [-0.2, 0) is 6.54 Å². The minimum absolute atomic E-state index is 0.581. The van der Waals surface area contributed by atoms with Gasteiger partial charge in [-0.15, -0.1) is 0 Å². The molecule has 0 atom stereocenters. The average Bonchev–Trinajstić information content (AvgIpc) is 2.67. The van der Waals surface area contributed by atoms with Crippen molar-refractivity contribution >= 4 is 51.6 Å². The molecule has 6 heteroatoms. The maximum atomic E-state index is 6.27. The molecule has 1 heterocycles. The third kappa shape index (κ3) is 4.19. The van der Waals surface area contributed by atoms with E-state index in [0.717, 1.165) is 33.0 Å². The Morgan fingerprint density at radius 3 is 2.52 bits per heavy atom. The molecule has 4 nitrogen and oxygen atoms in total. The molecule has 0 radical (unpaired) electrons. The third-order valence-electron chi connectivity index (χ3n) is 4.17. The zero-order valence-corrected chi connectivity index (χ0v) is 15.9. The summed E-state index contributed by atoms with van der Waals surface area (Å²) in [6.45, 7) is 0.581. The highest BCUT2D eigenvalue weighted by molar-refractivity contribution is 6.31. The number of fused-ring (bicyclic) bond motifs is 1. The first kappa shape index (κ1) is 17.7. The van der Waals surface area contributed by atoms with E-state index in [9.17, 15) is 0 Å². The number of nitrogens with two attached hydrogens (primary N) is 1. The highest BCUT2D eigenvalue weighted by Crippen LogP contribution is 2.23. The number of halogens is 2. The number of para-hydroxylation sites is 1. The minimum Gasteiger partial charge on any atom is -0.365 e. The topological polar surface area (TPSA) is 54.4 Å². The van der Waals surface area contributed by atoms with E-state index in [1.54, 1.807) is 0 Å². The second-order valence-corrected chi connectivity index (χ2v) is 6.94. The monoisotopic (exact) mass is 395 g/mol. The minimum atomic E-state index is 0.581. The number of nitrogens with zero attached hydrogens (tertiary/aromatic N) is 2. The van der Waals surface area contributed by atoms with Crippen LogP contribution < -0.4 is 10.6 Å². The van der Waals surface area contributed by atoms with Gasteiger partial charge in [-0.25, -0.2) is 5.32 Å². The molecule has 0 saturated heterocycles. The third-order valence-corrected chi connectivity index (χ3v) is 4.77. The Bertz CT molecular complexity index is 1100. The van der Waals surface area contributed by atoms with E-state index in [2.05, 4.69) is 10.3 Å². The van der Waals surface area contributed by atoms with Crippen molar-refractivity contribution in [1.29, 1.82) is 0 Å². The zero-order chi connectivity index (χ0) is 18.6. The molecule has 0 aliphatic heterocycles. The Hall–Kier alpha value is -2.66. The molecular formula is C21H17Cl2N4+. The SMILES string of the molecule is Clc1cccc([NH2+]c2nc(NCc3ccccc3Cl)c3ccccc3n2)c1. The molecule has 0 fully saturated rings. The van der Waals surface area contributed by atoms with E-state index < -0.39 is 0 Å². The Balaban J connectivity index is 1.67. The fourth-order valence-electron chi connectivity index (χ4n) is 2.86. The lowest BCUT2D eigenvalue weighted by Gasteiger charge is -2.10. The van der Waals surface area contributed by atoms with Crippen LogP contribution in [0.2, 0.25) is 10.0 Å². The molecular weight excluding hydrogens is 379 g/mol. The number of hydrogen-bond donors (Lipinski definition) is 2. The molecule has 3 N–H and O–H groups in total. The van der Waals surface area contributed by atoms with Crippen molar-refractivity contribution in [3.63, 3.8) is 0 Å². The second-order valence-electron chi connectivity index (χ2n) is 6.09. The first-order chi connectivity index (χ1) is 13.2. The summed E-state index contributed by atoms with van der Waals surface area (Å²) in [4.78, 5) is 9.36. The van der Waals surface area contributed by atoms with Crippen LogP contribution in [0.15, 0.2) is 72.8 Å². The van der Waals surface area contributed by atoms with Gasteiger partial charge in [-0.2, -0.15) is 9.97 Å². The van der Waals surface area contributed by atoms with Crippen LogP contribution in [-0.4, -0.2) is 9.97 Å². The van der Waals surface area contributed by atoms with Gasteiger partial charge in [0.25, 0.3) is 0 Å². The Kier molecular flexibility index (Phi) is 5.21. The van der Waals surface area contributed by atoms with Gasteiger partial charge in [0.15, 0.2) is 0 Å². The maximum absolute atomic E-state index is 6.27. The first-order valence-electron chi connectivity index (χ1n) is 8.53. The molecule has 0 amide bonds. The predicted octanol–water partition coefficient (Wildman–Crippen LogP) is 5.08. The molecule has 0 spiro atoms. The van der Waals surface area contributed by atoms with Crippen LogP contribution in [0.25, 0.3) is 10.9 Å². The van der Waals surface area contributed by atoms with Gasteiger partial charge in [-0.05, 0) is 35.9 Å². The normalized spacial score (nSPS) is 10.9. The summed E-state index contributed by atoms with van der Waals surface area (Å²) in [7, 11) is 0. The van der Waals surface area contributed by atoms with E-state index >= 15 is 0 Å². The summed E-state index contributed by atoms with van der Waals surface area (Å²) in [5.74, 6) is 1.39. The first-order valence-corrected chi connectivity index (χ1v) is 9.29. The van der Waals surface area contributed by atoms with Crippen LogP contribution >= 0.6 is 23.2 Å². The van der Waals surface area contributed by atoms with Crippen molar-refractivity contribution in [2.75, 3.05) is 5.32 Å². The van der Waals surface area contributed by atoms with Gasteiger partial charge in [-0.3, -0.25) is 0 Å². The van der Waals surface area contributed by atoms with Crippen molar-refractivity contribution in [3.05, 3.63) is 88.4 Å². The molecule has 27 heavy (non-hydrogen) atoms. The number of quaternary nitrogens is 1. The molecule has 4 rings (SSSR count). The second kappa shape index (κ2) is 7.92. The largest absolute Gasteiger partial charge is 0.365 e. The molecule has 0 unspecified atom stereocenters. The average molecular weight is 396 g/mol. The molecule has 134 valence electrons. The Labute approximate surface area is 167 Å². The van der Waals surface area contributed by atoms with Gasteiger partial charge < -0.3 is 5.32 Å². The number of benzene rings is 3. The fraction of sp³-hybridized carbons (Fsp3) is 0.0476. The van der Waals surface area contributed by atoms with Gasteiger partial charge in [0.05, 0.1) is 5.52 Å². The van der Waals surface area contributed by atoms with Crippen molar-refractivity contribution in [2.24, 2.45) is 0 Å². The van der Waals surface area contributed by atoms with E-state index in [1.807, 2.05) is 78.1 Å². The fourth-order valence-corrected chi connectivity index (χ4v) is 3.26. The summed E-state index contributed by atoms with van der Waals surface area (Å²) >= 11 is 12.4. The summed E-state index contributed by atoms with van der Waals surface area (Å²) in [5.41, 5.74) is 2.85. The number of nitrogens with one attached hydrogen (secondary N) is 1. The van der Waals surface area contributed by atoms with Gasteiger partial charge >= 0.3 is 5.95 Å². The van der Waals surface area contributed by atoms with E-state index in [1.165, 1.54) is 0 Å². The summed E-state index contributed by atoms with van der Waals surface area (Å²) in [5, 5.41) is 7.69. The van der Waals surface area contributed by atoms with Crippen LogP contribution in [0.4, 0.5) is 17.5 Å². The maximum Gasteiger partial charge on any atom is 0.333 e. The quantitative estimate of drug-likeness (QED) is 0.463. The highest BCUT2D eigenvalue weighted by Gasteiger charge is 2.12. The standard InChI is InChI=1S/C21H16Cl2N4/c22-15-7-5-8-16(12-15)25-21-26-19-11-4-2-9-17(19)20(27-21)24-13-14-6-1-3-10-18(14)23/h1-12H,13H2,(H2,24,25,26,27)/p+1. The molecule has 0 saturated carbocycles. The van der Waals surface area contributed by atoms with E-state index in [-0.39, 0.29) is 0 Å². The van der Waals surface area contributed by atoms with Crippen molar-refractivity contribution in [1.82, 2.24) is 9.97 Å². The predicted molar refractivity (Wildman–Crippen MR) is 111 cm³/mol. The Morgan fingerprint density at radius 1 is 0.852 bits per heavy atom. The van der Waals surface area contributed by atoms with Crippen LogP contribution in [0.3, 0.4) is 0 Å². The molecule has 0 aliphatic rings. The lowest BCUT2D eigenvalue weighted by atomic mass is 10.2. The number of hydrogen-bond acceptors (Lipinski definition) is 3. The number of anilines is 1. The van der Waals surface area contributed by atoms with Crippen LogP contribution in [0, 0.1) is 0 Å². The zero-order valence-electron chi connectivity index (χ0n) is 14.4. The van der Waals surface area contributed by atoms with Crippen molar-refractivity contribution in [3.8, 4) is 0 Å². The van der Waals surface area contributed by atoms with Gasteiger partial charge in [0.1, 0.15) is 11.5 Å². The Morgan fingerprint density at radius 2 is 1.67 bits per heavy atom. The highest BCUT2D eigenvalue weighted by atomic mass is 35.5. The molecule has 3 aromatic carbocycles. The summed E-state index contributed by atoms with van der Waals surface area (Å²) < 4.78 is 0. The van der Waals surface area contributed by atoms with Gasteiger partial charge in [0, 0.05) is 28.0 Å². The van der Waals surface area contributed by atoms with Gasteiger partial charge in [-0.1, -0.05) is 59.6 Å².